The molecule has 5 nitrogen and oxygen atoms in total. The van der Waals surface area contributed by atoms with Gasteiger partial charge < -0.3 is 10.2 Å². The minimum Gasteiger partial charge on any atom is -0.324 e. The number of benzene rings is 1. The molecule has 0 saturated heterocycles. The Morgan fingerprint density at radius 2 is 2.12 bits per heavy atom. The number of anilines is 2. The SMILES string of the molecule is Cc1nc(CC2CC2)sc1C(=O)N1CC(C)C(=O)Nc2ccccc21. The van der Waals surface area contributed by atoms with E-state index in [1.54, 1.807) is 4.90 Å². The van der Waals surface area contributed by atoms with Gasteiger partial charge in [-0.05, 0) is 37.8 Å². The summed E-state index contributed by atoms with van der Waals surface area (Å²) in [6.07, 6.45) is 3.52. The van der Waals surface area contributed by atoms with Gasteiger partial charge in [0.25, 0.3) is 5.91 Å². The number of amides is 2. The quantitative estimate of drug-likeness (QED) is 0.914. The maximum absolute atomic E-state index is 13.3. The second kappa shape index (κ2) is 6.26. The molecule has 1 unspecified atom stereocenters. The summed E-state index contributed by atoms with van der Waals surface area (Å²) < 4.78 is 0. The van der Waals surface area contributed by atoms with Crippen molar-refractivity contribution in [1.29, 1.82) is 0 Å². The molecule has 1 aromatic carbocycles. The van der Waals surface area contributed by atoms with Gasteiger partial charge in [0.15, 0.2) is 0 Å². The number of hydrogen-bond donors (Lipinski definition) is 1. The van der Waals surface area contributed by atoms with Gasteiger partial charge in [-0.1, -0.05) is 19.1 Å². The molecule has 25 heavy (non-hydrogen) atoms. The van der Waals surface area contributed by atoms with E-state index >= 15 is 0 Å². The Kier molecular flexibility index (Phi) is 4.07. The first-order valence-corrected chi connectivity index (χ1v) is 9.52. The minimum atomic E-state index is -0.268. The third kappa shape index (κ3) is 3.18. The fourth-order valence-electron chi connectivity index (χ4n) is 3.15. The van der Waals surface area contributed by atoms with Gasteiger partial charge >= 0.3 is 0 Å². The molecule has 1 N–H and O–H groups in total. The molecule has 1 saturated carbocycles. The van der Waals surface area contributed by atoms with Crippen LogP contribution in [0.4, 0.5) is 11.4 Å². The van der Waals surface area contributed by atoms with Crippen molar-refractivity contribution < 1.29 is 9.59 Å². The summed E-state index contributed by atoms with van der Waals surface area (Å²) in [5.74, 6) is 0.357. The standard InChI is InChI=1S/C19H21N3O2S/c1-11-10-22(15-6-4-3-5-14(15)21-18(11)23)19(24)17-12(2)20-16(25-17)9-13-7-8-13/h3-6,11,13H,7-10H2,1-2H3,(H,21,23). The van der Waals surface area contributed by atoms with Crippen LogP contribution in [0, 0.1) is 18.8 Å². The van der Waals surface area contributed by atoms with Crippen LogP contribution in [0.3, 0.4) is 0 Å². The Bertz CT molecular complexity index is 841. The van der Waals surface area contributed by atoms with Crippen LogP contribution in [0.15, 0.2) is 24.3 Å². The summed E-state index contributed by atoms with van der Waals surface area (Å²) in [4.78, 5) is 32.5. The highest BCUT2D eigenvalue weighted by Crippen LogP contribution is 2.36. The topological polar surface area (TPSA) is 62.3 Å². The first kappa shape index (κ1) is 16.3. The van der Waals surface area contributed by atoms with Crippen LogP contribution in [0.2, 0.25) is 0 Å². The van der Waals surface area contributed by atoms with Crippen LogP contribution < -0.4 is 10.2 Å². The Hall–Kier alpha value is -2.21. The Balaban J connectivity index is 1.68. The lowest BCUT2D eigenvalue weighted by atomic mass is 10.1. The van der Waals surface area contributed by atoms with Gasteiger partial charge in [0.2, 0.25) is 5.91 Å². The van der Waals surface area contributed by atoms with Crippen molar-refractivity contribution in [3.8, 4) is 0 Å². The molecular formula is C19H21N3O2S. The van der Waals surface area contributed by atoms with Crippen molar-refractivity contribution >= 4 is 34.5 Å². The monoisotopic (exact) mass is 355 g/mol. The zero-order valence-corrected chi connectivity index (χ0v) is 15.2. The normalized spacial score (nSPS) is 20.0. The van der Waals surface area contributed by atoms with E-state index in [0.29, 0.717) is 17.1 Å². The van der Waals surface area contributed by atoms with E-state index in [4.69, 9.17) is 0 Å². The van der Waals surface area contributed by atoms with Crippen molar-refractivity contribution in [2.24, 2.45) is 11.8 Å². The van der Waals surface area contributed by atoms with Gasteiger partial charge in [-0.25, -0.2) is 4.98 Å². The molecule has 0 bridgehead atoms. The number of nitrogens with one attached hydrogen (secondary N) is 1. The van der Waals surface area contributed by atoms with E-state index < -0.39 is 0 Å². The van der Waals surface area contributed by atoms with Crippen molar-refractivity contribution in [3.63, 3.8) is 0 Å². The molecule has 6 heteroatoms. The van der Waals surface area contributed by atoms with E-state index in [0.717, 1.165) is 28.7 Å². The summed E-state index contributed by atoms with van der Waals surface area (Å²) in [6, 6.07) is 7.47. The Labute approximate surface area is 151 Å². The maximum atomic E-state index is 13.3. The number of aromatic nitrogens is 1. The largest absolute Gasteiger partial charge is 0.324 e. The number of nitrogens with zero attached hydrogens (tertiary/aromatic N) is 2. The number of hydrogen-bond acceptors (Lipinski definition) is 4. The van der Waals surface area contributed by atoms with Crippen LogP contribution in [-0.4, -0.2) is 23.3 Å². The van der Waals surface area contributed by atoms with E-state index in [2.05, 4.69) is 10.3 Å². The van der Waals surface area contributed by atoms with E-state index in [-0.39, 0.29) is 17.7 Å². The van der Waals surface area contributed by atoms with Gasteiger partial charge in [-0.2, -0.15) is 0 Å². The molecule has 2 aromatic rings. The zero-order valence-electron chi connectivity index (χ0n) is 14.4. The highest BCUT2D eigenvalue weighted by atomic mass is 32.1. The molecule has 130 valence electrons. The average Bonchev–Trinajstić information content (AvgIpc) is 3.34. The number of thiazole rings is 1. The zero-order chi connectivity index (χ0) is 17.6. The Morgan fingerprint density at radius 1 is 1.36 bits per heavy atom. The van der Waals surface area contributed by atoms with Gasteiger partial charge in [0, 0.05) is 13.0 Å². The molecule has 0 radical (unpaired) electrons. The smallest absolute Gasteiger partial charge is 0.270 e. The third-order valence-electron chi connectivity index (χ3n) is 4.80. The summed E-state index contributed by atoms with van der Waals surface area (Å²) >= 11 is 1.51. The number of fused-ring (bicyclic) bond motifs is 1. The van der Waals surface area contributed by atoms with Crippen molar-refractivity contribution in [2.75, 3.05) is 16.8 Å². The highest BCUT2D eigenvalue weighted by molar-refractivity contribution is 7.14. The van der Waals surface area contributed by atoms with Gasteiger partial charge in [0.1, 0.15) is 4.88 Å². The van der Waals surface area contributed by atoms with Crippen molar-refractivity contribution in [3.05, 3.63) is 39.8 Å². The molecule has 2 heterocycles. The minimum absolute atomic E-state index is 0.0572. The van der Waals surface area contributed by atoms with Crippen LogP contribution in [0.5, 0.6) is 0 Å². The van der Waals surface area contributed by atoms with E-state index in [1.165, 1.54) is 24.2 Å². The molecule has 2 amide bonds. The maximum Gasteiger partial charge on any atom is 0.270 e. The van der Waals surface area contributed by atoms with Crippen LogP contribution in [0.25, 0.3) is 0 Å². The van der Waals surface area contributed by atoms with E-state index in [1.807, 2.05) is 38.1 Å². The predicted molar refractivity (Wildman–Crippen MR) is 99.2 cm³/mol. The van der Waals surface area contributed by atoms with Crippen LogP contribution in [0.1, 0.15) is 40.1 Å². The first-order chi connectivity index (χ1) is 12.0. The Morgan fingerprint density at radius 3 is 2.88 bits per heavy atom. The second-order valence-corrected chi connectivity index (χ2v) is 8.08. The van der Waals surface area contributed by atoms with Gasteiger partial charge in [0.05, 0.1) is 28.0 Å². The summed E-state index contributed by atoms with van der Waals surface area (Å²) in [7, 11) is 0. The lowest BCUT2D eigenvalue weighted by Crippen LogP contribution is -2.35. The molecule has 1 aromatic heterocycles. The van der Waals surface area contributed by atoms with E-state index in [9.17, 15) is 9.59 Å². The van der Waals surface area contributed by atoms with Crippen LogP contribution >= 0.6 is 11.3 Å². The molecule has 0 spiro atoms. The lowest BCUT2D eigenvalue weighted by molar-refractivity contribution is -0.119. The van der Waals surface area contributed by atoms with Gasteiger partial charge in [-0.3, -0.25) is 9.59 Å². The lowest BCUT2D eigenvalue weighted by Gasteiger charge is -2.23. The van der Waals surface area contributed by atoms with Crippen LogP contribution in [-0.2, 0) is 11.2 Å². The molecular weight excluding hydrogens is 334 g/mol. The summed E-state index contributed by atoms with van der Waals surface area (Å²) in [5.41, 5.74) is 2.23. The molecule has 1 aliphatic heterocycles. The fraction of sp³-hybridized carbons (Fsp3) is 0.421. The number of aryl methyl sites for hydroxylation is 1. The first-order valence-electron chi connectivity index (χ1n) is 8.71. The molecule has 1 aliphatic carbocycles. The fourth-order valence-corrected chi connectivity index (χ4v) is 4.28. The number of carbonyl (C=O) groups excluding carboxylic acids is 2. The number of para-hydroxylation sites is 2. The highest BCUT2D eigenvalue weighted by Gasteiger charge is 2.31. The molecule has 4 rings (SSSR count). The molecule has 1 atom stereocenters. The molecule has 1 fully saturated rings. The second-order valence-electron chi connectivity index (χ2n) is 6.99. The average molecular weight is 355 g/mol. The van der Waals surface area contributed by atoms with Gasteiger partial charge in [-0.15, -0.1) is 11.3 Å². The van der Waals surface area contributed by atoms with Crippen molar-refractivity contribution in [2.45, 2.75) is 33.1 Å². The summed E-state index contributed by atoms with van der Waals surface area (Å²) in [6.45, 7) is 4.12. The summed E-state index contributed by atoms with van der Waals surface area (Å²) in [5, 5.41) is 3.97. The number of rotatable bonds is 3. The van der Waals surface area contributed by atoms with Crippen molar-refractivity contribution in [1.82, 2.24) is 4.98 Å². The molecule has 2 aliphatic rings. The number of carbonyl (C=O) groups is 2. The predicted octanol–water partition coefficient (Wildman–Crippen LogP) is 3.64. The third-order valence-corrected chi connectivity index (χ3v) is 5.96.